The molecule has 0 saturated carbocycles. The molecule has 1 aromatic heterocycles. The number of carbonyl (C=O) groups excluding carboxylic acids is 1. The molecule has 0 amide bonds. The number of rotatable bonds is 5. The zero-order valence-corrected chi connectivity index (χ0v) is 11.9. The molecule has 2 rings (SSSR count). The molecule has 0 radical (unpaired) electrons. The lowest BCUT2D eigenvalue weighted by molar-refractivity contribution is 0.102. The van der Waals surface area contributed by atoms with Crippen LogP contribution in [0.5, 0.6) is 0 Å². The Labute approximate surface area is 117 Å². The zero-order valence-electron chi connectivity index (χ0n) is 11.1. The van der Waals surface area contributed by atoms with Gasteiger partial charge in [-0.05, 0) is 24.5 Å². The molecule has 0 aliphatic heterocycles. The average Bonchev–Trinajstić information content (AvgIpc) is 2.46. The lowest BCUT2D eigenvalue weighted by atomic mass is 10.1. The van der Waals surface area contributed by atoms with Gasteiger partial charge >= 0.3 is 0 Å². The molecule has 0 fully saturated rings. The summed E-state index contributed by atoms with van der Waals surface area (Å²) in [6.07, 6.45) is 4.51. The Hall–Kier alpha value is -1.68. The van der Waals surface area contributed by atoms with Crippen LogP contribution in [0.2, 0.25) is 0 Å². The number of aromatic nitrogens is 2. The van der Waals surface area contributed by atoms with Crippen LogP contribution in [0.1, 0.15) is 28.4 Å². The number of aryl methyl sites for hydroxylation is 2. The van der Waals surface area contributed by atoms with Crippen molar-refractivity contribution >= 4 is 17.5 Å². The number of carbonyl (C=O) groups is 1. The first-order valence-electron chi connectivity index (χ1n) is 6.22. The van der Waals surface area contributed by atoms with Gasteiger partial charge in [-0.2, -0.15) is 0 Å². The number of hydrogen-bond donors (Lipinski definition) is 0. The fourth-order valence-electron chi connectivity index (χ4n) is 1.60. The Balaban J connectivity index is 1.95. The number of Topliss-reactive ketones (excluding diaryl/α,β-unsaturated/α-hetero) is 1. The third kappa shape index (κ3) is 3.89. The van der Waals surface area contributed by atoms with E-state index in [2.05, 4.69) is 16.9 Å². The van der Waals surface area contributed by atoms with Gasteiger partial charge in [0.2, 0.25) is 0 Å². The number of thioether (sulfide) groups is 1. The number of hydrogen-bond acceptors (Lipinski definition) is 4. The van der Waals surface area contributed by atoms with Gasteiger partial charge in [0, 0.05) is 18.0 Å². The van der Waals surface area contributed by atoms with E-state index in [0.29, 0.717) is 10.9 Å². The first kappa shape index (κ1) is 13.7. The molecule has 0 atom stereocenters. The summed E-state index contributed by atoms with van der Waals surface area (Å²) in [4.78, 5) is 20.3. The van der Waals surface area contributed by atoms with Gasteiger partial charge in [0.1, 0.15) is 0 Å². The molecule has 0 aliphatic carbocycles. The summed E-state index contributed by atoms with van der Waals surface area (Å²) in [5.74, 6) is 0.478. The summed E-state index contributed by atoms with van der Waals surface area (Å²) in [7, 11) is 0. The van der Waals surface area contributed by atoms with E-state index >= 15 is 0 Å². The van der Waals surface area contributed by atoms with Crippen molar-refractivity contribution in [3.63, 3.8) is 0 Å². The second-order valence-electron chi connectivity index (χ2n) is 4.31. The minimum Gasteiger partial charge on any atom is -0.293 e. The fraction of sp³-hybridized carbons (Fsp3) is 0.267. The van der Waals surface area contributed by atoms with Crippen LogP contribution in [0.15, 0.2) is 41.8 Å². The van der Waals surface area contributed by atoms with Crippen LogP contribution in [0.3, 0.4) is 0 Å². The summed E-state index contributed by atoms with van der Waals surface area (Å²) in [6.45, 7) is 4.04. The topological polar surface area (TPSA) is 42.9 Å². The van der Waals surface area contributed by atoms with Gasteiger partial charge < -0.3 is 0 Å². The molecule has 4 heteroatoms. The van der Waals surface area contributed by atoms with Crippen molar-refractivity contribution in [2.24, 2.45) is 0 Å². The van der Waals surface area contributed by atoms with E-state index in [1.54, 1.807) is 12.4 Å². The summed E-state index contributed by atoms with van der Waals surface area (Å²) >= 11 is 1.37. The van der Waals surface area contributed by atoms with Gasteiger partial charge in [-0.3, -0.25) is 4.79 Å². The molecule has 0 bridgehead atoms. The fourth-order valence-corrected chi connectivity index (χ4v) is 2.28. The minimum atomic E-state index is 0.108. The average molecular weight is 272 g/mol. The SMILES string of the molecule is CCc1ccc(C(=O)CSc2ncc(C)cn2)cc1. The highest BCUT2D eigenvalue weighted by Crippen LogP contribution is 2.15. The lowest BCUT2D eigenvalue weighted by Crippen LogP contribution is -2.03. The van der Waals surface area contributed by atoms with E-state index in [1.165, 1.54) is 17.3 Å². The van der Waals surface area contributed by atoms with Crippen molar-refractivity contribution in [1.29, 1.82) is 0 Å². The highest BCUT2D eigenvalue weighted by Gasteiger charge is 2.07. The summed E-state index contributed by atoms with van der Waals surface area (Å²) < 4.78 is 0. The van der Waals surface area contributed by atoms with Crippen molar-refractivity contribution in [3.05, 3.63) is 53.3 Å². The quantitative estimate of drug-likeness (QED) is 0.476. The lowest BCUT2D eigenvalue weighted by Gasteiger charge is -2.02. The highest BCUT2D eigenvalue weighted by molar-refractivity contribution is 7.99. The molecule has 1 heterocycles. The molecule has 0 spiro atoms. The predicted molar refractivity (Wildman–Crippen MR) is 77.6 cm³/mol. The van der Waals surface area contributed by atoms with Crippen molar-refractivity contribution in [2.45, 2.75) is 25.4 Å². The number of nitrogens with zero attached hydrogens (tertiary/aromatic N) is 2. The summed E-state index contributed by atoms with van der Waals surface area (Å²) in [5.41, 5.74) is 3.01. The van der Waals surface area contributed by atoms with Crippen LogP contribution >= 0.6 is 11.8 Å². The molecule has 3 nitrogen and oxygen atoms in total. The largest absolute Gasteiger partial charge is 0.293 e. The van der Waals surface area contributed by atoms with Crippen LogP contribution in [0.25, 0.3) is 0 Å². The zero-order chi connectivity index (χ0) is 13.7. The first-order chi connectivity index (χ1) is 9.19. The Bertz CT molecular complexity index is 549. The van der Waals surface area contributed by atoms with Gasteiger partial charge in [-0.1, -0.05) is 43.0 Å². The summed E-state index contributed by atoms with van der Waals surface area (Å²) in [5, 5.41) is 0.643. The standard InChI is InChI=1S/C15H16N2OS/c1-3-12-4-6-13(7-5-12)14(18)10-19-15-16-8-11(2)9-17-15/h4-9H,3,10H2,1-2H3. The normalized spacial score (nSPS) is 10.4. The maximum atomic E-state index is 12.0. The first-order valence-corrected chi connectivity index (χ1v) is 7.21. The van der Waals surface area contributed by atoms with E-state index in [1.807, 2.05) is 31.2 Å². The van der Waals surface area contributed by atoms with E-state index in [9.17, 15) is 4.79 Å². The predicted octanol–water partition coefficient (Wildman–Crippen LogP) is 3.32. The van der Waals surface area contributed by atoms with Gasteiger partial charge in [0.15, 0.2) is 10.9 Å². The van der Waals surface area contributed by atoms with Gasteiger partial charge in [-0.15, -0.1) is 0 Å². The van der Waals surface area contributed by atoms with Gasteiger partial charge in [0.25, 0.3) is 0 Å². The second kappa shape index (κ2) is 6.48. The molecule has 0 unspecified atom stereocenters. The Morgan fingerprint density at radius 2 is 1.79 bits per heavy atom. The Morgan fingerprint density at radius 1 is 1.16 bits per heavy atom. The highest BCUT2D eigenvalue weighted by atomic mass is 32.2. The maximum Gasteiger partial charge on any atom is 0.187 e. The molecular weight excluding hydrogens is 256 g/mol. The maximum absolute atomic E-state index is 12.0. The van der Waals surface area contributed by atoms with E-state index in [4.69, 9.17) is 0 Å². The molecule has 2 aromatic rings. The van der Waals surface area contributed by atoms with Crippen molar-refractivity contribution in [2.75, 3.05) is 5.75 Å². The minimum absolute atomic E-state index is 0.108. The van der Waals surface area contributed by atoms with Crippen LogP contribution in [0.4, 0.5) is 0 Å². The molecule has 1 aromatic carbocycles. The van der Waals surface area contributed by atoms with Crippen molar-refractivity contribution in [1.82, 2.24) is 9.97 Å². The van der Waals surface area contributed by atoms with Gasteiger partial charge in [-0.25, -0.2) is 9.97 Å². The van der Waals surface area contributed by atoms with Crippen LogP contribution < -0.4 is 0 Å². The Morgan fingerprint density at radius 3 is 2.37 bits per heavy atom. The van der Waals surface area contributed by atoms with Crippen LogP contribution in [-0.4, -0.2) is 21.5 Å². The molecule has 0 saturated heterocycles. The number of benzene rings is 1. The Kier molecular flexibility index (Phi) is 4.68. The molecule has 0 aliphatic rings. The second-order valence-corrected chi connectivity index (χ2v) is 5.25. The molecule has 0 N–H and O–H groups in total. The van der Waals surface area contributed by atoms with Crippen molar-refractivity contribution in [3.8, 4) is 0 Å². The third-order valence-corrected chi connectivity index (χ3v) is 3.65. The third-order valence-electron chi connectivity index (χ3n) is 2.77. The molecule has 98 valence electrons. The molecule has 19 heavy (non-hydrogen) atoms. The van der Waals surface area contributed by atoms with Crippen LogP contribution in [0, 0.1) is 6.92 Å². The van der Waals surface area contributed by atoms with E-state index < -0.39 is 0 Å². The summed E-state index contributed by atoms with van der Waals surface area (Å²) in [6, 6.07) is 7.77. The van der Waals surface area contributed by atoms with E-state index in [0.717, 1.165) is 17.5 Å². The van der Waals surface area contributed by atoms with Crippen LogP contribution in [-0.2, 0) is 6.42 Å². The molecular formula is C15H16N2OS. The van der Waals surface area contributed by atoms with Crippen molar-refractivity contribution < 1.29 is 4.79 Å². The smallest absolute Gasteiger partial charge is 0.187 e. The number of ketones is 1. The van der Waals surface area contributed by atoms with E-state index in [-0.39, 0.29) is 5.78 Å². The van der Waals surface area contributed by atoms with Gasteiger partial charge in [0.05, 0.1) is 5.75 Å². The monoisotopic (exact) mass is 272 g/mol.